The fourth-order valence-electron chi connectivity index (χ4n) is 2.85. The predicted molar refractivity (Wildman–Crippen MR) is 96.5 cm³/mol. The number of nitrogens with one attached hydrogen (secondary N) is 1. The van der Waals surface area contributed by atoms with Gasteiger partial charge in [0, 0.05) is 35.5 Å². The summed E-state index contributed by atoms with van der Waals surface area (Å²) >= 11 is 0. The second-order valence-electron chi connectivity index (χ2n) is 5.99. The first-order valence-electron chi connectivity index (χ1n) is 8.26. The first-order chi connectivity index (χ1) is 12.1. The van der Waals surface area contributed by atoms with Crippen molar-refractivity contribution in [2.75, 3.05) is 7.11 Å². The van der Waals surface area contributed by atoms with Crippen LogP contribution in [0.3, 0.4) is 0 Å². The molecule has 130 valence electrons. The predicted octanol–water partition coefficient (Wildman–Crippen LogP) is 4.18. The van der Waals surface area contributed by atoms with Crippen molar-refractivity contribution in [3.8, 4) is 11.4 Å². The molecule has 1 heterocycles. The van der Waals surface area contributed by atoms with E-state index in [0.717, 1.165) is 16.9 Å². The molecule has 0 spiro atoms. The molecule has 1 atom stereocenters. The second kappa shape index (κ2) is 7.49. The molecule has 0 amide bonds. The van der Waals surface area contributed by atoms with Crippen molar-refractivity contribution in [3.63, 3.8) is 0 Å². The number of aromatic nitrogens is 2. The second-order valence-corrected chi connectivity index (χ2v) is 5.99. The van der Waals surface area contributed by atoms with Gasteiger partial charge in [-0.05, 0) is 32.0 Å². The molecule has 0 radical (unpaired) electrons. The van der Waals surface area contributed by atoms with E-state index in [0.29, 0.717) is 17.9 Å². The van der Waals surface area contributed by atoms with Crippen molar-refractivity contribution < 1.29 is 9.13 Å². The van der Waals surface area contributed by atoms with Gasteiger partial charge in [-0.25, -0.2) is 9.07 Å². The monoisotopic (exact) mass is 339 g/mol. The lowest BCUT2D eigenvalue weighted by molar-refractivity contribution is 0.410. The van der Waals surface area contributed by atoms with Crippen LogP contribution in [0.1, 0.15) is 29.8 Å². The quantitative estimate of drug-likeness (QED) is 0.732. The Hall–Kier alpha value is -2.66. The van der Waals surface area contributed by atoms with E-state index in [-0.39, 0.29) is 11.9 Å². The largest absolute Gasteiger partial charge is 0.497 e. The molecule has 5 heteroatoms. The highest BCUT2D eigenvalue weighted by Gasteiger charge is 2.14. The van der Waals surface area contributed by atoms with Crippen LogP contribution in [0.2, 0.25) is 0 Å². The van der Waals surface area contributed by atoms with Gasteiger partial charge in [0.1, 0.15) is 11.6 Å². The van der Waals surface area contributed by atoms with Gasteiger partial charge in [-0.3, -0.25) is 0 Å². The van der Waals surface area contributed by atoms with Crippen molar-refractivity contribution in [1.29, 1.82) is 0 Å². The number of ether oxygens (including phenoxy) is 1. The van der Waals surface area contributed by atoms with Gasteiger partial charge >= 0.3 is 0 Å². The molecule has 1 N–H and O–H groups in total. The molecule has 0 fully saturated rings. The van der Waals surface area contributed by atoms with E-state index in [1.165, 1.54) is 13.2 Å². The summed E-state index contributed by atoms with van der Waals surface area (Å²) in [5, 5.41) is 7.85. The van der Waals surface area contributed by atoms with Crippen LogP contribution in [0.15, 0.2) is 54.7 Å². The third-order valence-corrected chi connectivity index (χ3v) is 4.37. The van der Waals surface area contributed by atoms with Gasteiger partial charge in [0.25, 0.3) is 0 Å². The fourth-order valence-corrected chi connectivity index (χ4v) is 2.85. The average Bonchev–Trinajstić information content (AvgIpc) is 3.02. The van der Waals surface area contributed by atoms with E-state index in [2.05, 4.69) is 17.3 Å². The first-order valence-corrected chi connectivity index (χ1v) is 8.26. The maximum absolute atomic E-state index is 14.1. The maximum Gasteiger partial charge on any atom is 0.131 e. The maximum atomic E-state index is 14.1. The summed E-state index contributed by atoms with van der Waals surface area (Å²) in [5.74, 6) is 0.255. The number of halogens is 1. The Kier molecular flexibility index (Phi) is 5.14. The molecule has 0 aliphatic carbocycles. The van der Waals surface area contributed by atoms with Crippen molar-refractivity contribution >= 4 is 0 Å². The molecule has 4 nitrogen and oxygen atoms in total. The Morgan fingerprint density at radius 3 is 2.64 bits per heavy atom. The fraction of sp³-hybridized carbons (Fsp3) is 0.250. The molecule has 3 aromatic rings. The number of para-hydroxylation sites is 1. The Morgan fingerprint density at radius 1 is 1.20 bits per heavy atom. The highest BCUT2D eigenvalue weighted by atomic mass is 19.1. The first kappa shape index (κ1) is 17.2. The third kappa shape index (κ3) is 3.72. The normalized spacial score (nSPS) is 12.2. The Morgan fingerprint density at radius 2 is 1.96 bits per heavy atom. The molecular formula is C20H22FN3O. The zero-order valence-electron chi connectivity index (χ0n) is 14.7. The molecule has 0 saturated heterocycles. The minimum atomic E-state index is -0.268. The average molecular weight is 339 g/mol. The van der Waals surface area contributed by atoms with Crippen LogP contribution in [0.25, 0.3) is 5.69 Å². The Bertz CT molecular complexity index is 845. The number of rotatable bonds is 6. The molecule has 25 heavy (non-hydrogen) atoms. The highest BCUT2D eigenvalue weighted by Crippen LogP contribution is 2.21. The van der Waals surface area contributed by atoms with Crippen LogP contribution in [-0.4, -0.2) is 16.9 Å². The number of nitrogens with zero attached hydrogens (tertiary/aromatic N) is 2. The molecule has 2 aromatic carbocycles. The molecule has 1 aromatic heterocycles. The van der Waals surface area contributed by atoms with Crippen LogP contribution in [0.4, 0.5) is 4.39 Å². The van der Waals surface area contributed by atoms with Crippen molar-refractivity contribution in [2.24, 2.45) is 0 Å². The van der Waals surface area contributed by atoms with Gasteiger partial charge in [0.15, 0.2) is 0 Å². The number of benzene rings is 2. The van der Waals surface area contributed by atoms with E-state index in [9.17, 15) is 4.39 Å². The Balaban J connectivity index is 1.72. The minimum absolute atomic E-state index is 0.0546. The molecule has 0 aliphatic heterocycles. The molecule has 3 rings (SSSR count). The van der Waals surface area contributed by atoms with Gasteiger partial charge < -0.3 is 10.1 Å². The van der Waals surface area contributed by atoms with E-state index < -0.39 is 0 Å². The summed E-state index contributed by atoms with van der Waals surface area (Å²) in [7, 11) is 1.53. The van der Waals surface area contributed by atoms with Crippen LogP contribution < -0.4 is 10.1 Å². The topological polar surface area (TPSA) is 39.1 Å². The molecule has 0 bridgehead atoms. The molecule has 0 aliphatic rings. The third-order valence-electron chi connectivity index (χ3n) is 4.37. The standard InChI is InChI=1S/C20H22FN3O/c1-14(22-12-16-9-10-18(25-3)11-20(16)21)19-13-23-24(15(19)2)17-7-5-4-6-8-17/h4-11,13-14,22H,12H2,1-3H3. The summed E-state index contributed by atoms with van der Waals surface area (Å²) in [4.78, 5) is 0. The lowest BCUT2D eigenvalue weighted by Gasteiger charge is -2.15. The molecule has 1 unspecified atom stereocenters. The SMILES string of the molecule is COc1ccc(CNC(C)c2cnn(-c3ccccc3)c2C)c(F)c1. The number of hydrogen-bond acceptors (Lipinski definition) is 3. The number of methoxy groups -OCH3 is 1. The molecule has 0 saturated carbocycles. The van der Waals surface area contributed by atoms with Gasteiger partial charge in [0.05, 0.1) is 19.0 Å². The van der Waals surface area contributed by atoms with E-state index >= 15 is 0 Å². The van der Waals surface area contributed by atoms with Crippen LogP contribution in [0, 0.1) is 12.7 Å². The summed E-state index contributed by atoms with van der Waals surface area (Å²) in [6.07, 6.45) is 1.87. The van der Waals surface area contributed by atoms with E-state index in [4.69, 9.17) is 4.74 Å². The van der Waals surface area contributed by atoms with E-state index in [1.54, 1.807) is 12.1 Å². The van der Waals surface area contributed by atoms with Crippen molar-refractivity contribution in [1.82, 2.24) is 15.1 Å². The van der Waals surface area contributed by atoms with Gasteiger partial charge in [-0.2, -0.15) is 5.10 Å². The lowest BCUT2D eigenvalue weighted by Crippen LogP contribution is -2.19. The van der Waals surface area contributed by atoms with Crippen molar-refractivity contribution in [3.05, 3.63) is 77.4 Å². The number of hydrogen-bond donors (Lipinski definition) is 1. The van der Waals surface area contributed by atoms with Gasteiger partial charge in [-0.15, -0.1) is 0 Å². The Labute approximate surface area is 147 Å². The summed E-state index contributed by atoms with van der Waals surface area (Å²) in [5.41, 5.74) is 3.81. The minimum Gasteiger partial charge on any atom is -0.497 e. The van der Waals surface area contributed by atoms with E-state index in [1.807, 2.05) is 48.1 Å². The summed E-state index contributed by atoms with van der Waals surface area (Å²) < 4.78 is 21.0. The van der Waals surface area contributed by atoms with Crippen LogP contribution in [-0.2, 0) is 6.54 Å². The summed E-state index contributed by atoms with van der Waals surface area (Å²) in [6, 6.07) is 15.0. The zero-order valence-corrected chi connectivity index (χ0v) is 14.7. The van der Waals surface area contributed by atoms with Gasteiger partial charge in [-0.1, -0.05) is 24.3 Å². The van der Waals surface area contributed by atoms with Gasteiger partial charge in [0.2, 0.25) is 0 Å². The lowest BCUT2D eigenvalue weighted by atomic mass is 10.1. The summed E-state index contributed by atoms with van der Waals surface area (Å²) in [6.45, 7) is 4.54. The highest BCUT2D eigenvalue weighted by molar-refractivity contribution is 5.35. The molecular weight excluding hydrogens is 317 g/mol. The zero-order chi connectivity index (χ0) is 17.8. The van der Waals surface area contributed by atoms with Crippen LogP contribution >= 0.6 is 0 Å². The van der Waals surface area contributed by atoms with Crippen LogP contribution in [0.5, 0.6) is 5.75 Å². The smallest absolute Gasteiger partial charge is 0.131 e. The van der Waals surface area contributed by atoms with Crippen molar-refractivity contribution in [2.45, 2.75) is 26.4 Å².